The van der Waals surface area contributed by atoms with E-state index >= 15 is 0 Å². The van der Waals surface area contributed by atoms with Crippen LogP contribution < -0.4 is 4.74 Å². The highest BCUT2D eigenvalue weighted by Gasteiger charge is 2.21. The van der Waals surface area contributed by atoms with Gasteiger partial charge in [-0.25, -0.2) is 0 Å². The molecule has 0 spiro atoms. The van der Waals surface area contributed by atoms with Crippen LogP contribution >= 0.6 is 0 Å². The standard InChI is InChI=1S/C23H18N6O3/c1-14-6-7-15(16(10-14)11-24)13-31-23-19-5-3-2-4-18(19)21-25-26-22(29(21)27-23)20-9-8-17(12-30)32-28-20/h2-8,10,30H,9,12-13H2,1H3. The van der Waals surface area contributed by atoms with Gasteiger partial charge in [-0.05, 0) is 30.7 Å². The summed E-state index contributed by atoms with van der Waals surface area (Å²) in [7, 11) is 0. The van der Waals surface area contributed by atoms with Crippen LogP contribution in [0, 0.1) is 18.3 Å². The van der Waals surface area contributed by atoms with Crippen molar-refractivity contribution in [2.75, 3.05) is 6.61 Å². The lowest BCUT2D eigenvalue weighted by Crippen LogP contribution is -2.13. The maximum absolute atomic E-state index is 9.46. The fourth-order valence-corrected chi connectivity index (χ4v) is 3.53. The van der Waals surface area contributed by atoms with Gasteiger partial charge in [0.1, 0.15) is 18.9 Å². The highest BCUT2D eigenvalue weighted by atomic mass is 16.6. The molecular weight excluding hydrogens is 408 g/mol. The van der Waals surface area contributed by atoms with Gasteiger partial charge >= 0.3 is 0 Å². The number of nitriles is 1. The number of ether oxygens (including phenoxy) is 1. The molecule has 2 aromatic heterocycles. The summed E-state index contributed by atoms with van der Waals surface area (Å²) in [6, 6.07) is 15.5. The number of nitrogens with zero attached hydrogens (tertiary/aromatic N) is 6. The summed E-state index contributed by atoms with van der Waals surface area (Å²) in [5, 5.41) is 37.5. The van der Waals surface area contributed by atoms with Gasteiger partial charge in [-0.2, -0.15) is 9.78 Å². The van der Waals surface area contributed by atoms with Crippen molar-refractivity contribution in [1.29, 1.82) is 5.26 Å². The minimum absolute atomic E-state index is 0.190. The number of benzene rings is 2. The Kier molecular flexibility index (Phi) is 4.97. The van der Waals surface area contributed by atoms with Crippen molar-refractivity contribution in [1.82, 2.24) is 19.8 Å². The van der Waals surface area contributed by atoms with Crippen LogP contribution in [0.2, 0.25) is 0 Å². The molecule has 0 saturated heterocycles. The van der Waals surface area contributed by atoms with E-state index in [-0.39, 0.29) is 13.2 Å². The van der Waals surface area contributed by atoms with E-state index in [0.717, 1.165) is 21.9 Å². The van der Waals surface area contributed by atoms with Crippen LogP contribution in [-0.4, -0.2) is 37.2 Å². The zero-order chi connectivity index (χ0) is 22.1. The van der Waals surface area contributed by atoms with Gasteiger partial charge in [0.2, 0.25) is 11.7 Å². The molecule has 0 aliphatic carbocycles. The normalized spacial score (nSPS) is 13.4. The Morgan fingerprint density at radius 2 is 2.03 bits per heavy atom. The third-order valence-corrected chi connectivity index (χ3v) is 5.19. The van der Waals surface area contributed by atoms with Gasteiger partial charge < -0.3 is 14.7 Å². The lowest BCUT2D eigenvalue weighted by Gasteiger charge is -2.12. The van der Waals surface area contributed by atoms with Gasteiger partial charge in [-0.1, -0.05) is 35.5 Å². The Hall–Kier alpha value is -4.29. The lowest BCUT2D eigenvalue weighted by atomic mass is 10.1. The predicted molar refractivity (Wildman–Crippen MR) is 116 cm³/mol. The first kappa shape index (κ1) is 19.7. The Bertz CT molecular complexity index is 1450. The fraction of sp³-hybridized carbons (Fsp3) is 0.174. The quantitative estimate of drug-likeness (QED) is 0.521. The first-order valence-corrected chi connectivity index (χ1v) is 9.98. The SMILES string of the molecule is Cc1ccc(COc2nn3c(C4=NOC(CO)=CC4)nnc3c3ccccc23)c(C#N)c1. The van der Waals surface area contributed by atoms with Crippen LogP contribution in [0.4, 0.5) is 0 Å². The molecule has 5 rings (SSSR count). The lowest BCUT2D eigenvalue weighted by molar-refractivity contribution is 0.164. The molecule has 1 aliphatic heterocycles. The maximum atomic E-state index is 9.46. The second-order valence-corrected chi connectivity index (χ2v) is 7.33. The Balaban J connectivity index is 1.57. The highest BCUT2D eigenvalue weighted by Crippen LogP contribution is 2.28. The van der Waals surface area contributed by atoms with E-state index in [9.17, 15) is 10.4 Å². The first-order valence-electron chi connectivity index (χ1n) is 9.98. The molecule has 9 heteroatoms. The van der Waals surface area contributed by atoms with Crippen LogP contribution in [0.25, 0.3) is 16.4 Å². The number of rotatable bonds is 5. The number of aryl methyl sites for hydroxylation is 1. The summed E-state index contributed by atoms with van der Waals surface area (Å²) in [6.45, 7) is 1.91. The summed E-state index contributed by atoms with van der Waals surface area (Å²) in [6.07, 6.45) is 2.17. The summed E-state index contributed by atoms with van der Waals surface area (Å²) in [4.78, 5) is 5.20. The second kappa shape index (κ2) is 8.09. The fourth-order valence-electron chi connectivity index (χ4n) is 3.53. The average molecular weight is 426 g/mol. The molecule has 0 bridgehead atoms. The molecule has 0 atom stereocenters. The van der Waals surface area contributed by atoms with Crippen LogP contribution in [0.15, 0.2) is 59.5 Å². The summed E-state index contributed by atoms with van der Waals surface area (Å²) in [5.74, 6) is 1.20. The molecule has 0 unspecified atom stereocenters. The van der Waals surface area contributed by atoms with Gasteiger partial charge in [0.15, 0.2) is 11.4 Å². The third-order valence-electron chi connectivity index (χ3n) is 5.19. The van der Waals surface area contributed by atoms with Gasteiger partial charge in [0.05, 0.1) is 11.6 Å². The highest BCUT2D eigenvalue weighted by molar-refractivity contribution is 6.02. The predicted octanol–water partition coefficient (Wildman–Crippen LogP) is 3.04. The van der Waals surface area contributed by atoms with Gasteiger partial charge in [-0.3, -0.25) is 0 Å². The molecule has 0 fully saturated rings. The molecule has 0 radical (unpaired) electrons. The van der Waals surface area contributed by atoms with Gasteiger partial charge in [0, 0.05) is 22.8 Å². The minimum atomic E-state index is -0.220. The van der Waals surface area contributed by atoms with E-state index in [4.69, 9.17) is 9.57 Å². The van der Waals surface area contributed by atoms with Crippen molar-refractivity contribution < 1.29 is 14.7 Å². The number of hydrogen-bond donors (Lipinski definition) is 1. The molecule has 32 heavy (non-hydrogen) atoms. The average Bonchev–Trinajstić information content (AvgIpc) is 3.27. The topological polar surface area (TPSA) is 118 Å². The number of hydrogen-bond acceptors (Lipinski definition) is 8. The first-order chi connectivity index (χ1) is 15.7. The van der Waals surface area contributed by atoms with Gasteiger partial charge in [0.25, 0.3) is 0 Å². The summed E-state index contributed by atoms with van der Waals surface area (Å²) >= 11 is 0. The largest absolute Gasteiger partial charge is 0.471 e. The molecule has 1 aliphatic rings. The molecule has 0 amide bonds. The van der Waals surface area contributed by atoms with E-state index in [1.54, 1.807) is 10.6 Å². The Labute approximate surface area is 182 Å². The minimum Gasteiger partial charge on any atom is -0.471 e. The van der Waals surface area contributed by atoms with Crippen molar-refractivity contribution in [3.63, 3.8) is 0 Å². The van der Waals surface area contributed by atoms with E-state index < -0.39 is 0 Å². The van der Waals surface area contributed by atoms with E-state index in [1.165, 1.54) is 0 Å². The van der Waals surface area contributed by atoms with E-state index in [0.29, 0.717) is 40.8 Å². The van der Waals surface area contributed by atoms with Crippen LogP contribution in [0.5, 0.6) is 5.88 Å². The van der Waals surface area contributed by atoms with Gasteiger partial charge in [-0.15, -0.1) is 15.3 Å². The molecule has 158 valence electrons. The second-order valence-electron chi connectivity index (χ2n) is 7.33. The molecule has 1 N–H and O–H groups in total. The molecular formula is C23H18N6O3. The van der Waals surface area contributed by atoms with Crippen molar-refractivity contribution in [2.24, 2.45) is 5.16 Å². The summed E-state index contributed by atoms with van der Waals surface area (Å²) in [5.41, 5.74) is 3.46. The molecule has 9 nitrogen and oxygen atoms in total. The number of allylic oxidation sites excluding steroid dienone is 1. The van der Waals surface area contributed by atoms with Crippen molar-refractivity contribution >= 4 is 22.1 Å². The molecule has 0 saturated carbocycles. The third kappa shape index (κ3) is 3.42. The molecule has 3 heterocycles. The van der Waals surface area contributed by atoms with Crippen LogP contribution in [0.1, 0.15) is 28.9 Å². The number of aliphatic hydroxyl groups is 1. The number of aliphatic hydroxyl groups excluding tert-OH is 1. The Morgan fingerprint density at radius 1 is 1.19 bits per heavy atom. The number of oxime groups is 1. The number of aromatic nitrogens is 4. The zero-order valence-corrected chi connectivity index (χ0v) is 17.2. The van der Waals surface area contributed by atoms with Crippen molar-refractivity contribution in [3.05, 3.63) is 76.8 Å². The summed E-state index contributed by atoms with van der Waals surface area (Å²) < 4.78 is 7.67. The van der Waals surface area contributed by atoms with Crippen LogP contribution in [0.3, 0.4) is 0 Å². The van der Waals surface area contributed by atoms with Crippen molar-refractivity contribution in [3.8, 4) is 11.9 Å². The smallest absolute Gasteiger partial charge is 0.240 e. The van der Waals surface area contributed by atoms with E-state index in [2.05, 4.69) is 26.5 Å². The van der Waals surface area contributed by atoms with E-state index in [1.807, 2.05) is 49.4 Å². The maximum Gasteiger partial charge on any atom is 0.240 e. The zero-order valence-electron chi connectivity index (χ0n) is 17.2. The Morgan fingerprint density at radius 3 is 2.78 bits per heavy atom. The van der Waals surface area contributed by atoms with Crippen molar-refractivity contribution in [2.45, 2.75) is 20.0 Å². The van der Waals surface area contributed by atoms with Crippen LogP contribution in [-0.2, 0) is 11.4 Å². The monoisotopic (exact) mass is 426 g/mol. The molecule has 4 aromatic rings. The number of fused-ring (bicyclic) bond motifs is 3. The molecule has 2 aromatic carbocycles.